The van der Waals surface area contributed by atoms with Crippen LogP contribution in [0, 0.1) is 0 Å². The van der Waals surface area contributed by atoms with Crippen molar-refractivity contribution in [3.63, 3.8) is 0 Å². The topological polar surface area (TPSA) is 89.3 Å². The van der Waals surface area contributed by atoms with Gasteiger partial charge in [-0.05, 0) is 37.2 Å². The summed E-state index contributed by atoms with van der Waals surface area (Å²) in [6.45, 7) is 3.69. The molecule has 2 aromatic heterocycles. The number of carboxylic acid groups (broad SMARTS) is 1. The van der Waals surface area contributed by atoms with Crippen LogP contribution in [0.15, 0.2) is 42.9 Å². The second kappa shape index (κ2) is 7.10. The third-order valence-corrected chi connectivity index (χ3v) is 3.52. The highest BCUT2D eigenvalue weighted by Crippen LogP contribution is 2.25. The van der Waals surface area contributed by atoms with Gasteiger partial charge in [0.1, 0.15) is 12.1 Å². The predicted octanol–water partition coefficient (Wildman–Crippen LogP) is 3.25. The Balaban J connectivity index is 1.77. The molecule has 0 unspecified atom stereocenters. The van der Waals surface area contributed by atoms with Gasteiger partial charge in [0.25, 0.3) is 0 Å². The molecule has 7 heteroatoms. The Bertz CT molecular complexity index is 860. The molecule has 1 aromatic carbocycles. The van der Waals surface area contributed by atoms with Gasteiger partial charge >= 0.3 is 6.09 Å². The summed E-state index contributed by atoms with van der Waals surface area (Å²) in [5, 5.41) is 13.2. The maximum atomic E-state index is 11.1. The zero-order valence-corrected chi connectivity index (χ0v) is 13.3. The zero-order valence-electron chi connectivity index (χ0n) is 13.3. The van der Waals surface area contributed by atoms with E-state index in [1.165, 1.54) is 17.1 Å². The van der Waals surface area contributed by atoms with Gasteiger partial charge in [-0.1, -0.05) is 6.92 Å². The summed E-state index contributed by atoms with van der Waals surface area (Å²) >= 11 is 0. The van der Waals surface area contributed by atoms with Crippen LogP contribution in [-0.2, 0) is 6.54 Å². The fourth-order valence-electron chi connectivity index (χ4n) is 2.39. The fraction of sp³-hybridized carbons (Fsp3) is 0.235. The number of carbonyl (C=O) groups is 1. The molecule has 7 nitrogen and oxygen atoms in total. The third kappa shape index (κ3) is 3.52. The second-order valence-electron chi connectivity index (χ2n) is 5.32. The van der Waals surface area contributed by atoms with Gasteiger partial charge in [0.05, 0.1) is 11.2 Å². The summed E-state index contributed by atoms with van der Waals surface area (Å²) in [5.41, 5.74) is 1.47. The van der Waals surface area contributed by atoms with Gasteiger partial charge < -0.3 is 15.2 Å². The fourth-order valence-corrected chi connectivity index (χ4v) is 2.39. The Morgan fingerprint density at radius 3 is 2.96 bits per heavy atom. The molecule has 0 spiro atoms. The minimum absolute atomic E-state index is 0.454. The van der Waals surface area contributed by atoms with Gasteiger partial charge in [-0.3, -0.25) is 4.57 Å². The van der Waals surface area contributed by atoms with E-state index in [1.807, 2.05) is 0 Å². The number of nitrogens with one attached hydrogen (secondary N) is 1. The smallest absolute Gasteiger partial charge is 0.415 e. The van der Waals surface area contributed by atoms with E-state index in [4.69, 9.17) is 9.84 Å². The maximum absolute atomic E-state index is 11.1. The van der Waals surface area contributed by atoms with Crippen LogP contribution >= 0.6 is 0 Å². The van der Waals surface area contributed by atoms with Crippen LogP contribution in [0.4, 0.5) is 4.79 Å². The molecule has 0 aliphatic rings. The Labute approximate surface area is 138 Å². The van der Waals surface area contributed by atoms with E-state index < -0.39 is 6.09 Å². The molecule has 0 saturated heterocycles. The minimum atomic E-state index is -1.02. The Hall–Kier alpha value is -2.93. The lowest BCUT2D eigenvalue weighted by Crippen LogP contribution is -2.14. The summed E-state index contributed by atoms with van der Waals surface area (Å²) in [4.78, 5) is 19.4. The van der Waals surface area contributed by atoms with Gasteiger partial charge in [0, 0.05) is 24.2 Å². The number of nitrogens with zero attached hydrogens (tertiary/aromatic N) is 3. The normalized spacial score (nSPS) is 10.9. The van der Waals surface area contributed by atoms with Gasteiger partial charge in [-0.2, -0.15) is 0 Å². The SMILES string of the molecule is CCCNCc1cc(Oc2ccc3c(ccn3C(=O)O)c2)ncn1. The summed E-state index contributed by atoms with van der Waals surface area (Å²) < 4.78 is 6.94. The second-order valence-corrected chi connectivity index (χ2v) is 5.32. The number of rotatable bonds is 6. The van der Waals surface area contributed by atoms with Crippen LogP contribution in [0.1, 0.15) is 19.0 Å². The molecule has 2 heterocycles. The number of ether oxygens (including phenoxy) is 1. The number of benzene rings is 1. The average Bonchev–Trinajstić information content (AvgIpc) is 2.99. The van der Waals surface area contributed by atoms with Crippen LogP contribution in [0.3, 0.4) is 0 Å². The van der Waals surface area contributed by atoms with E-state index >= 15 is 0 Å². The molecule has 0 atom stereocenters. The van der Waals surface area contributed by atoms with Crippen LogP contribution in [0.5, 0.6) is 11.6 Å². The molecule has 0 aliphatic heterocycles. The van der Waals surface area contributed by atoms with E-state index in [0.717, 1.165) is 24.0 Å². The highest BCUT2D eigenvalue weighted by Gasteiger charge is 2.08. The largest absolute Gasteiger partial charge is 0.464 e. The Morgan fingerprint density at radius 2 is 2.17 bits per heavy atom. The predicted molar refractivity (Wildman–Crippen MR) is 89.5 cm³/mol. The van der Waals surface area contributed by atoms with Gasteiger partial charge in [0.15, 0.2) is 0 Å². The molecule has 0 bridgehead atoms. The van der Waals surface area contributed by atoms with Crippen molar-refractivity contribution >= 4 is 17.0 Å². The first-order valence-electron chi connectivity index (χ1n) is 7.71. The number of fused-ring (bicyclic) bond motifs is 1. The van der Waals surface area contributed by atoms with Crippen molar-refractivity contribution in [1.82, 2.24) is 19.9 Å². The van der Waals surface area contributed by atoms with Gasteiger partial charge in [-0.25, -0.2) is 14.8 Å². The van der Waals surface area contributed by atoms with Crippen molar-refractivity contribution in [3.05, 3.63) is 48.5 Å². The van der Waals surface area contributed by atoms with Crippen LogP contribution in [0.2, 0.25) is 0 Å². The van der Waals surface area contributed by atoms with Crippen molar-refractivity contribution in [3.8, 4) is 11.6 Å². The van der Waals surface area contributed by atoms with Gasteiger partial charge in [0.2, 0.25) is 5.88 Å². The lowest BCUT2D eigenvalue weighted by atomic mass is 10.2. The first kappa shape index (κ1) is 15.9. The van der Waals surface area contributed by atoms with E-state index in [2.05, 4.69) is 22.2 Å². The summed E-state index contributed by atoms with van der Waals surface area (Å²) in [5.74, 6) is 1.05. The van der Waals surface area contributed by atoms with Crippen molar-refractivity contribution in [2.24, 2.45) is 0 Å². The molecule has 0 saturated carbocycles. The highest BCUT2D eigenvalue weighted by atomic mass is 16.5. The maximum Gasteiger partial charge on any atom is 0.415 e. The van der Waals surface area contributed by atoms with Crippen LogP contribution in [-0.4, -0.2) is 32.3 Å². The minimum Gasteiger partial charge on any atom is -0.464 e. The first-order chi connectivity index (χ1) is 11.7. The zero-order chi connectivity index (χ0) is 16.9. The first-order valence-corrected chi connectivity index (χ1v) is 7.71. The highest BCUT2D eigenvalue weighted by molar-refractivity contribution is 5.89. The summed E-state index contributed by atoms with van der Waals surface area (Å²) in [6, 6.07) is 8.74. The molecule has 0 radical (unpaired) electrons. The van der Waals surface area contributed by atoms with Crippen LogP contribution < -0.4 is 10.1 Å². The molecule has 0 aliphatic carbocycles. The lowest BCUT2D eigenvalue weighted by molar-refractivity contribution is 0.197. The summed E-state index contributed by atoms with van der Waals surface area (Å²) in [7, 11) is 0. The summed E-state index contributed by atoms with van der Waals surface area (Å²) in [6.07, 6.45) is 3.03. The standard InChI is InChI=1S/C17H18N4O3/c1-2-6-18-10-13-9-16(20-11-19-13)24-14-3-4-15-12(8-14)5-7-21(15)17(22)23/h3-5,7-9,11,18H,2,6,10H2,1H3,(H,22,23). The van der Waals surface area contributed by atoms with Crippen LogP contribution in [0.25, 0.3) is 10.9 Å². The Morgan fingerprint density at radius 1 is 1.29 bits per heavy atom. The molecule has 24 heavy (non-hydrogen) atoms. The molecule has 2 N–H and O–H groups in total. The lowest BCUT2D eigenvalue weighted by Gasteiger charge is -2.07. The van der Waals surface area contributed by atoms with E-state index in [0.29, 0.717) is 23.7 Å². The van der Waals surface area contributed by atoms with Crippen molar-refractivity contribution < 1.29 is 14.6 Å². The molecule has 0 fully saturated rings. The van der Waals surface area contributed by atoms with E-state index in [1.54, 1.807) is 30.3 Å². The quantitative estimate of drug-likeness (QED) is 0.676. The molecular formula is C17H18N4O3. The Kier molecular flexibility index (Phi) is 4.72. The van der Waals surface area contributed by atoms with E-state index in [9.17, 15) is 4.79 Å². The molecule has 3 rings (SSSR count). The van der Waals surface area contributed by atoms with Crippen molar-refractivity contribution in [2.75, 3.05) is 6.54 Å². The number of aromatic nitrogens is 3. The monoisotopic (exact) mass is 326 g/mol. The number of hydrogen-bond acceptors (Lipinski definition) is 5. The molecule has 124 valence electrons. The average molecular weight is 326 g/mol. The third-order valence-electron chi connectivity index (χ3n) is 3.52. The van der Waals surface area contributed by atoms with Gasteiger partial charge in [-0.15, -0.1) is 0 Å². The molecular weight excluding hydrogens is 308 g/mol. The van der Waals surface area contributed by atoms with Crippen molar-refractivity contribution in [1.29, 1.82) is 0 Å². The van der Waals surface area contributed by atoms with Crippen molar-refractivity contribution in [2.45, 2.75) is 19.9 Å². The van der Waals surface area contributed by atoms with E-state index in [-0.39, 0.29) is 0 Å². The molecule has 0 amide bonds. The molecule has 3 aromatic rings. The number of hydrogen-bond donors (Lipinski definition) is 2.